The lowest BCUT2D eigenvalue weighted by molar-refractivity contribution is 0.111. The first-order chi connectivity index (χ1) is 8.61. The molecule has 1 aromatic carbocycles. The van der Waals surface area contributed by atoms with Crippen molar-refractivity contribution in [1.29, 1.82) is 0 Å². The fourth-order valence-corrected chi connectivity index (χ4v) is 1.97. The topological polar surface area (TPSA) is 47.8 Å². The van der Waals surface area contributed by atoms with Gasteiger partial charge in [-0.1, -0.05) is 42.8 Å². The van der Waals surface area contributed by atoms with E-state index in [0.29, 0.717) is 11.6 Å². The molecule has 18 heavy (non-hydrogen) atoms. The number of aromatic nitrogens is 3. The van der Waals surface area contributed by atoms with E-state index >= 15 is 0 Å². The van der Waals surface area contributed by atoms with E-state index in [1.54, 1.807) is 0 Å². The average Bonchev–Trinajstić information content (AvgIpc) is 2.71. The van der Waals surface area contributed by atoms with Gasteiger partial charge in [0.05, 0.1) is 5.69 Å². The van der Waals surface area contributed by atoms with Crippen LogP contribution < -0.4 is 0 Å². The molecule has 0 amide bonds. The fourth-order valence-electron chi connectivity index (χ4n) is 1.97. The minimum absolute atomic E-state index is 0.404. The largest absolute Gasteiger partial charge is 0.296 e. The maximum atomic E-state index is 11.1. The zero-order valence-corrected chi connectivity index (χ0v) is 10.9. The van der Waals surface area contributed by atoms with E-state index in [2.05, 4.69) is 24.2 Å². The summed E-state index contributed by atoms with van der Waals surface area (Å²) in [6, 6.07) is 8.03. The molecular formula is C14H17N3O. The SMILES string of the molecule is Cc1cccc(-c2c(C=O)nnn2CC(C)C)c1. The normalized spacial score (nSPS) is 10.9. The van der Waals surface area contributed by atoms with E-state index in [0.717, 1.165) is 29.7 Å². The van der Waals surface area contributed by atoms with Gasteiger partial charge in [0.1, 0.15) is 0 Å². The van der Waals surface area contributed by atoms with Gasteiger partial charge in [0.25, 0.3) is 0 Å². The molecule has 2 rings (SSSR count). The third-order valence-corrected chi connectivity index (χ3v) is 2.70. The van der Waals surface area contributed by atoms with E-state index in [9.17, 15) is 4.79 Å². The summed E-state index contributed by atoms with van der Waals surface area (Å²) in [5, 5.41) is 8.01. The highest BCUT2D eigenvalue weighted by Gasteiger charge is 2.15. The van der Waals surface area contributed by atoms with Crippen LogP contribution in [0.1, 0.15) is 29.9 Å². The number of hydrogen-bond donors (Lipinski definition) is 0. The van der Waals surface area contributed by atoms with Crippen molar-refractivity contribution < 1.29 is 4.79 Å². The molecule has 4 nitrogen and oxygen atoms in total. The van der Waals surface area contributed by atoms with Crippen molar-refractivity contribution in [2.75, 3.05) is 0 Å². The van der Waals surface area contributed by atoms with Gasteiger partial charge in [0.15, 0.2) is 12.0 Å². The number of nitrogens with zero attached hydrogens (tertiary/aromatic N) is 3. The first-order valence-corrected chi connectivity index (χ1v) is 6.07. The standard InChI is InChI=1S/C14H17N3O/c1-10(2)8-17-14(13(9-18)15-16-17)12-6-4-5-11(3)7-12/h4-7,9-10H,8H2,1-3H3. The number of rotatable bonds is 4. The van der Waals surface area contributed by atoms with Crippen LogP contribution in [0.2, 0.25) is 0 Å². The number of carbonyl (C=O) groups is 1. The highest BCUT2D eigenvalue weighted by molar-refractivity contribution is 5.83. The van der Waals surface area contributed by atoms with Crippen molar-refractivity contribution in [3.8, 4) is 11.3 Å². The van der Waals surface area contributed by atoms with Crippen LogP contribution in [0.15, 0.2) is 24.3 Å². The monoisotopic (exact) mass is 243 g/mol. The lowest BCUT2D eigenvalue weighted by Gasteiger charge is -2.09. The van der Waals surface area contributed by atoms with Gasteiger partial charge < -0.3 is 0 Å². The smallest absolute Gasteiger partial charge is 0.172 e. The molecule has 0 fully saturated rings. The van der Waals surface area contributed by atoms with Crippen LogP contribution in [-0.4, -0.2) is 21.3 Å². The Bertz CT molecular complexity index is 558. The Hall–Kier alpha value is -1.97. The summed E-state index contributed by atoms with van der Waals surface area (Å²) < 4.78 is 1.81. The highest BCUT2D eigenvalue weighted by atomic mass is 16.1. The third-order valence-electron chi connectivity index (χ3n) is 2.70. The van der Waals surface area contributed by atoms with Crippen molar-refractivity contribution in [3.63, 3.8) is 0 Å². The predicted molar refractivity (Wildman–Crippen MR) is 70.4 cm³/mol. The van der Waals surface area contributed by atoms with Crippen molar-refractivity contribution in [1.82, 2.24) is 15.0 Å². The zero-order valence-electron chi connectivity index (χ0n) is 10.9. The van der Waals surface area contributed by atoms with Crippen LogP contribution in [0, 0.1) is 12.8 Å². The van der Waals surface area contributed by atoms with Crippen LogP contribution in [0.25, 0.3) is 11.3 Å². The molecule has 2 aromatic rings. The second kappa shape index (κ2) is 5.12. The summed E-state index contributed by atoms with van der Waals surface area (Å²) in [6.45, 7) is 7.01. The summed E-state index contributed by atoms with van der Waals surface area (Å²) in [4.78, 5) is 11.1. The van der Waals surface area contributed by atoms with Crippen LogP contribution >= 0.6 is 0 Å². The summed E-state index contributed by atoms with van der Waals surface area (Å²) >= 11 is 0. The highest BCUT2D eigenvalue weighted by Crippen LogP contribution is 2.23. The molecule has 0 saturated carbocycles. The molecule has 0 aliphatic carbocycles. The Labute approximate surface area is 107 Å². The maximum absolute atomic E-state index is 11.1. The minimum atomic E-state index is 0.404. The number of aldehydes is 1. The van der Waals surface area contributed by atoms with Crippen LogP contribution in [0.5, 0.6) is 0 Å². The Balaban J connectivity index is 2.53. The first-order valence-electron chi connectivity index (χ1n) is 6.07. The first kappa shape index (κ1) is 12.5. The Morgan fingerprint density at radius 2 is 2.17 bits per heavy atom. The van der Waals surface area contributed by atoms with E-state index < -0.39 is 0 Å². The van der Waals surface area contributed by atoms with E-state index in [1.807, 2.05) is 35.9 Å². The molecule has 0 N–H and O–H groups in total. The molecule has 0 saturated heterocycles. The quantitative estimate of drug-likeness (QED) is 0.776. The van der Waals surface area contributed by atoms with Gasteiger partial charge >= 0.3 is 0 Å². The zero-order chi connectivity index (χ0) is 13.1. The summed E-state index contributed by atoms with van der Waals surface area (Å²) in [5.41, 5.74) is 3.35. The number of hydrogen-bond acceptors (Lipinski definition) is 3. The summed E-state index contributed by atoms with van der Waals surface area (Å²) in [5.74, 6) is 0.453. The molecule has 94 valence electrons. The van der Waals surface area contributed by atoms with E-state index in [-0.39, 0.29) is 0 Å². The third kappa shape index (κ3) is 2.47. The van der Waals surface area contributed by atoms with Crippen molar-refractivity contribution >= 4 is 6.29 Å². The molecule has 0 radical (unpaired) electrons. The Morgan fingerprint density at radius 3 is 2.78 bits per heavy atom. The fraction of sp³-hybridized carbons (Fsp3) is 0.357. The molecule has 0 spiro atoms. The van der Waals surface area contributed by atoms with Crippen LogP contribution in [0.3, 0.4) is 0 Å². The van der Waals surface area contributed by atoms with Gasteiger partial charge in [-0.2, -0.15) is 0 Å². The lowest BCUT2D eigenvalue weighted by Crippen LogP contribution is -2.08. The summed E-state index contributed by atoms with van der Waals surface area (Å²) in [7, 11) is 0. The van der Waals surface area contributed by atoms with Gasteiger partial charge in [-0.15, -0.1) is 5.10 Å². The van der Waals surface area contributed by atoms with Gasteiger partial charge in [-0.25, -0.2) is 4.68 Å². The molecule has 0 aliphatic heterocycles. The number of benzene rings is 1. The number of aryl methyl sites for hydroxylation is 1. The van der Waals surface area contributed by atoms with Crippen molar-refractivity contribution in [3.05, 3.63) is 35.5 Å². The molecule has 1 heterocycles. The van der Waals surface area contributed by atoms with E-state index in [4.69, 9.17) is 0 Å². The number of carbonyl (C=O) groups excluding carboxylic acids is 1. The van der Waals surface area contributed by atoms with Crippen LogP contribution in [-0.2, 0) is 6.54 Å². The Morgan fingerprint density at radius 1 is 1.39 bits per heavy atom. The van der Waals surface area contributed by atoms with E-state index in [1.165, 1.54) is 0 Å². The maximum Gasteiger partial charge on any atom is 0.172 e. The molecule has 0 aliphatic rings. The molecule has 1 aromatic heterocycles. The summed E-state index contributed by atoms with van der Waals surface area (Å²) in [6.07, 6.45) is 0.765. The molecule has 0 atom stereocenters. The second-order valence-corrected chi connectivity index (χ2v) is 4.89. The van der Waals surface area contributed by atoms with Gasteiger partial charge in [0.2, 0.25) is 0 Å². The average molecular weight is 243 g/mol. The minimum Gasteiger partial charge on any atom is -0.296 e. The van der Waals surface area contributed by atoms with Crippen molar-refractivity contribution in [2.24, 2.45) is 5.92 Å². The van der Waals surface area contributed by atoms with Gasteiger partial charge in [0, 0.05) is 12.1 Å². The molecule has 0 unspecified atom stereocenters. The van der Waals surface area contributed by atoms with Gasteiger partial charge in [-0.05, 0) is 18.9 Å². The molecule has 0 bridgehead atoms. The lowest BCUT2D eigenvalue weighted by atomic mass is 10.1. The van der Waals surface area contributed by atoms with Crippen molar-refractivity contribution in [2.45, 2.75) is 27.3 Å². The molecule has 4 heteroatoms. The molecular weight excluding hydrogens is 226 g/mol. The van der Waals surface area contributed by atoms with Gasteiger partial charge in [-0.3, -0.25) is 4.79 Å². The van der Waals surface area contributed by atoms with Crippen LogP contribution in [0.4, 0.5) is 0 Å². The Kier molecular flexibility index (Phi) is 3.55. The second-order valence-electron chi connectivity index (χ2n) is 4.89. The predicted octanol–water partition coefficient (Wildman–Crippen LogP) is 2.72.